The molecule has 0 radical (unpaired) electrons. The molecule has 32 heavy (non-hydrogen) atoms. The minimum Gasteiger partial charge on any atom is -0.491 e. The number of methoxy groups -OCH3 is 1. The predicted molar refractivity (Wildman–Crippen MR) is 144 cm³/mol. The highest BCUT2D eigenvalue weighted by molar-refractivity contribution is 14.0. The summed E-state index contributed by atoms with van der Waals surface area (Å²) in [5.41, 5.74) is 4.84. The van der Waals surface area contributed by atoms with Gasteiger partial charge in [0, 0.05) is 39.4 Å². The Bertz CT molecular complexity index is 825. The van der Waals surface area contributed by atoms with Crippen molar-refractivity contribution in [2.45, 2.75) is 40.4 Å². The molecule has 0 aliphatic carbocycles. The molecule has 2 aromatic carbocycles. The third-order valence-electron chi connectivity index (χ3n) is 5.19. The Morgan fingerprint density at radius 1 is 0.969 bits per heavy atom. The molecule has 0 spiro atoms. The maximum Gasteiger partial charge on any atom is 0.191 e. The lowest BCUT2D eigenvalue weighted by Gasteiger charge is -2.19. The Morgan fingerprint density at radius 3 is 2.38 bits per heavy atom. The molecular formula is C25H39IN4O2. The van der Waals surface area contributed by atoms with Crippen LogP contribution in [0.15, 0.2) is 47.5 Å². The Labute approximate surface area is 210 Å². The number of rotatable bonds is 12. The molecule has 0 bridgehead atoms. The van der Waals surface area contributed by atoms with E-state index >= 15 is 0 Å². The fourth-order valence-electron chi connectivity index (χ4n) is 3.31. The zero-order chi connectivity index (χ0) is 22.5. The fraction of sp³-hybridized carbons (Fsp3) is 0.480. The number of aryl methyl sites for hydroxylation is 1. The van der Waals surface area contributed by atoms with Crippen LogP contribution in [-0.2, 0) is 24.4 Å². The van der Waals surface area contributed by atoms with Gasteiger partial charge in [-0.15, -0.1) is 24.0 Å². The molecule has 0 saturated heterocycles. The predicted octanol–water partition coefficient (Wildman–Crippen LogP) is 4.35. The molecule has 2 rings (SSSR count). The Kier molecular flexibility index (Phi) is 14.0. The number of guanidine groups is 1. The van der Waals surface area contributed by atoms with Crippen molar-refractivity contribution in [2.75, 3.05) is 40.5 Å². The first-order valence-electron chi connectivity index (χ1n) is 11.1. The van der Waals surface area contributed by atoms with Crippen molar-refractivity contribution >= 4 is 29.9 Å². The monoisotopic (exact) mass is 554 g/mol. The van der Waals surface area contributed by atoms with Gasteiger partial charge in [0.2, 0.25) is 0 Å². The molecule has 0 unspecified atom stereocenters. The van der Waals surface area contributed by atoms with E-state index in [-0.39, 0.29) is 24.0 Å². The van der Waals surface area contributed by atoms with Gasteiger partial charge < -0.3 is 20.1 Å². The zero-order valence-electron chi connectivity index (χ0n) is 20.1. The second-order valence-electron chi connectivity index (χ2n) is 7.51. The minimum absolute atomic E-state index is 0. The van der Waals surface area contributed by atoms with E-state index in [4.69, 9.17) is 9.47 Å². The van der Waals surface area contributed by atoms with Crippen molar-refractivity contribution in [1.82, 2.24) is 15.5 Å². The molecule has 0 atom stereocenters. The number of ether oxygens (including phenoxy) is 2. The van der Waals surface area contributed by atoms with Crippen LogP contribution >= 0.6 is 24.0 Å². The van der Waals surface area contributed by atoms with Crippen LogP contribution in [0.25, 0.3) is 0 Å². The maximum atomic E-state index is 5.89. The summed E-state index contributed by atoms with van der Waals surface area (Å²) in [5.74, 6) is 1.64. The van der Waals surface area contributed by atoms with Crippen molar-refractivity contribution < 1.29 is 9.47 Å². The number of hydrogen-bond donors (Lipinski definition) is 2. The van der Waals surface area contributed by atoms with Gasteiger partial charge in [-0.05, 0) is 42.8 Å². The van der Waals surface area contributed by atoms with Gasteiger partial charge >= 0.3 is 0 Å². The Morgan fingerprint density at radius 2 is 1.69 bits per heavy atom. The molecule has 0 aliphatic heterocycles. The van der Waals surface area contributed by atoms with Gasteiger partial charge in [-0.3, -0.25) is 9.89 Å². The lowest BCUT2D eigenvalue weighted by atomic mass is 10.1. The van der Waals surface area contributed by atoms with E-state index in [9.17, 15) is 0 Å². The molecule has 0 amide bonds. The number of halogens is 1. The molecule has 2 aromatic rings. The summed E-state index contributed by atoms with van der Waals surface area (Å²) in [7, 11) is 3.47. The third kappa shape index (κ3) is 9.75. The van der Waals surface area contributed by atoms with E-state index < -0.39 is 0 Å². The first-order valence-corrected chi connectivity index (χ1v) is 11.1. The topological polar surface area (TPSA) is 58.1 Å². The summed E-state index contributed by atoms with van der Waals surface area (Å²) in [6, 6.07) is 15.0. The first-order chi connectivity index (χ1) is 15.1. The molecular weight excluding hydrogens is 515 g/mol. The van der Waals surface area contributed by atoms with Crippen molar-refractivity contribution in [3.8, 4) is 5.75 Å². The average molecular weight is 555 g/mol. The SMILES string of the molecule is CCN(CC)Cc1cccc(CNC(=NC)NCc2ccc(C)cc2OCCOC)c1.I. The van der Waals surface area contributed by atoms with Gasteiger partial charge in [0.05, 0.1) is 6.61 Å². The number of nitrogens with zero attached hydrogens (tertiary/aromatic N) is 2. The van der Waals surface area contributed by atoms with E-state index in [0.717, 1.165) is 43.5 Å². The highest BCUT2D eigenvalue weighted by Gasteiger charge is 2.07. The van der Waals surface area contributed by atoms with Crippen LogP contribution in [0.3, 0.4) is 0 Å². The van der Waals surface area contributed by atoms with Gasteiger partial charge in [0.25, 0.3) is 0 Å². The van der Waals surface area contributed by atoms with E-state index in [1.807, 2.05) is 0 Å². The van der Waals surface area contributed by atoms with Crippen LogP contribution in [0.2, 0.25) is 0 Å². The molecule has 6 nitrogen and oxygen atoms in total. The highest BCUT2D eigenvalue weighted by Crippen LogP contribution is 2.20. The number of benzene rings is 2. The lowest BCUT2D eigenvalue weighted by Crippen LogP contribution is -2.36. The highest BCUT2D eigenvalue weighted by atomic mass is 127. The molecule has 0 aliphatic rings. The van der Waals surface area contributed by atoms with Gasteiger partial charge in [-0.1, -0.05) is 50.2 Å². The Balaban J connectivity index is 0.00000512. The smallest absolute Gasteiger partial charge is 0.191 e. The zero-order valence-corrected chi connectivity index (χ0v) is 22.4. The van der Waals surface area contributed by atoms with Crippen LogP contribution in [-0.4, -0.2) is 51.3 Å². The van der Waals surface area contributed by atoms with Gasteiger partial charge in [-0.25, -0.2) is 0 Å². The van der Waals surface area contributed by atoms with E-state index in [1.54, 1.807) is 14.2 Å². The number of nitrogens with one attached hydrogen (secondary N) is 2. The Hall–Kier alpha value is -1.84. The average Bonchev–Trinajstić information content (AvgIpc) is 2.79. The number of hydrogen-bond acceptors (Lipinski definition) is 4. The molecule has 178 valence electrons. The van der Waals surface area contributed by atoms with Crippen LogP contribution in [0.4, 0.5) is 0 Å². The summed E-state index contributed by atoms with van der Waals surface area (Å²) in [6.45, 7) is 12.0. The van der Waals surface area contributed by atoms with Crippen molar-refractivity contribution in [1.29, 1.82) is 0 Å². The summed E-state index contributed by atoms with van der Waals surface area (Å²) < 4.78 is 11.0. The second-order valence-corrected chi connectivity index (χ2v) is 7.51. The van der Waals surface area contributed by atoms with Gasteiger partial charge in [0.1, 0.15) is 12.4 Å². The fourth-order valence-corrected chi connectivity index (χ4v) is 3.31. The quantitative estimate of drug-likeness (QED) is 0.177. The van der Waals surface area contributed by atoms with E-state index in [2.05, 4.69) is 83.8 Å². The van der Waals surface area contributed by atoms with Crippen LogP contribution < -0.4 is 15.4 Å². The first kappa shape index (κ1) is 28.2. The van der Waals surface area contributed by atoms with Crippen LogP contribution in [0.1, 0.15) is 36.1 Å². The summed E-state index contributed by atoms with van der Waals surface area (Å²) in [4.78, 5) is 6.78. The summed E-state index contributed by atoms with van der Waals surface area (Å²) >= 11 is 0. The van der Waals surface area contributed by atoms with Gasteiger partial charge in [0.15, 0.2) is 5.96 Å². The van der Waals surface area contributed by atoms with Crippen molar-refractivity contribution in [2.24, 2.45) is 4.99 Å². The molecule has 0 aromatic heterocycles. The molecule has 0 saturated carbocycles. The largest absolute Gasteiger partial charge is 0.491 e. The summed E-state index contributed by atoms with van der Waals surface area (Å²) in [5, 5.41) is 6.80. The summed E-state index contributed by atoms with van der Waals surface area (Å²) in [6.07, 6.45) is 0. The van der Waals surface area contributed by atoms with E-state index in [0.29, 0.717) is 19.8 Å². The van der Waals surface area contributed by atoms with Crippen LogP contribution in [0, 0.1) is 6.92 Å². The standard InChI is InChI=1S/C25H38N4O2.HI/c1-6-29(7-2)19-22-10-8-9-21(16-22)17-27-25(26-4)28-18-23-12-11-20(3)15-24(23)31-14-13-30-5;/h8-12,15-16H,6-7,13-14,17-19H2,1-5H3,(H2,26,27,28);1H. The molecule has 0 heterocycles. The lowest BCUT2D eigenvalue weighted by molar-refractivity contribution is 0.145. The second kappa shape index (κ2) is 15.9. The molecule has 0 fully saturated rings. The van der Waals surface area contributed by atoms with Crippen LogP contribution in [0.5, 0.6) is 5.75 Å². The number of aliphatic imine (C=N–C) groups is 1. The normalized spacial score (nSPS) is 11.2. The third-order valence-corrected chi connectivity index (χ3v) is 5.19. The van der Waals surface area contributed by atoms with Crippen molar-refractivity contribution in [3.63, 3.8) is 0 Å². The molecule has 2 N–H and O–H groups in total. The van der Waals surface area contributed by atoms with Crippen molar-refractivity contribution in [3.05, 3.63) is 64.7 Å². The maximum absolute atomic E-state index is 5.89. The van der Waals surface area contributed by atoms with Gasteiger partial charge in [-0.2, -0.15) is 0 Å². The molecule has 7 heteroatoms. The van der Waals surface area contributed by atoms with E-state index in [1.165, 1.54) is 16.7 Å². The minimum atomic E-state index is 0.